The highest BCUT2D eigenvalue weighted by Gasteiger charge is 2.28. The Morgan fingerprint density at radius 2 is 1.86 bits per heavy atom. The number of thioether (sulfide) groups is 1. The van der Waals surface area contributed by atoms with E-state index in [9.17, 15) is 0 Å². The van der Waals surface area contributed by atoms with E-state index < -0.39 is 0 Å². The Morgan fingerprint density at radius 3 is 2.67 bits per heavy atom. The lowest BCUT2D eigenvalue weighted by Gasteiger charge is -2.38. The highest BCUT2D eigenvalue weighted by Crippen LogP contribution is 2.41. The van der Waals surface area contributed by atoms with Gasteiger partial charge in [-0.3, -0.25) is 4.98 Å². The second kappa shape index (κ2) is 5.20. The number of para-hydroxylation sites is 1. The van der Waals surface area contributed by atoms with Crippen molar-refractivity contribution in [2.24, 2.45) is 11.8 Å². The van der Waals surface area contributed by atoms with Gasteiger partial charge in [-0.2, -0.15) is 11.8 Å². The molecule has 2 atom stereocenters. The smallest absolute Gasteiger partial charge is 0.0726 e. The van der Waals surface area contributed by atoms with Crippen LogP contribution in [0.3, 0.4) is 0 Å². The Labute approximate surface area is 130 Å². The number of nitrogens with zero attached hydrogens (tertiary/aromatic N) is 2. The lowest BCUT2D eigenvalue weighted by atomic mass is 9.90. The standard InChI is InChI=1S/C18H22N2S/c1-12-7-13(2)9-20(8-12)18-14-5-3-4-6-16(14)19-17-11-21-10-15(17)18/h3-6,12-13H,7-11H2,1-2H3. The third-order valence-electron chi connectivity index (χ3n) is 4.72. The molecule has 1 saturated heterocycles. The molecule has 4 rings (SSSR count). The van der Waals surface area contributed by atoms with Crippen LogP contribution in [-0.4, -0.2) is 18.1 Å². The van der Waals surface area contributed by atoms with Gasteiger partial charge in [0.15, 0.2) is 0 Å². The van der Waals surface area contributed by atoms with Gasteiger partial charge in [-0.15, -0.1) is 0 Å². The average Bonchev–Trinajstić information content (AvgIpc) is 2.91. The molecule has 0 saturated carbocycles. The molecule has 0 bridgehead atoms. The number of aromatic nitrogens is 1. The van der Waals surface area contributed by atoms with Crippen molar-refractivity contribution < 1.29 is 0 Å². The Hall–Kier alpha value is -1.22. The number of rotatable bonds is 1. The largest absolute Gasteiger partial charge is 0.370 e. The van der Waals surface area contributed by atoms with Crippen molar-refractivity contribution in [3.8, 4) is 0 Å². The molecular weight excluding hydrogens is 276 g/mol. The summed E-state index contributed by atoms with van der Waals surface area (Å²) in [5.74, 6) is 3.77. The van der Waals surface area contributed by atoms with Gasteiger partial charge in [0.05, 0.1) is 16.9 Å². The first kappa shape index (κ1) is 13.4. The van der Waals surface area contributed by atoms with Crippen LogP contribution in [0.5, 0.6) is 0 Å². The van der Waals surface area contributed by atoms with E-state index in [1.807, 2.05) is 11.8 Å². The van der Waals surface area contributed by atoms with Gasteiger partial charge in [-0.1, -0.05) is 32.0 Å². The van der Waals surface area contributed by atoms with Gasteiger partial charge in [0, 0.05) is 35.5 Å². The van der Waals surface area contributed by atoms with Crippen molar-refractivity contribution in [2.45, 2.75) is 31.8 Å². The summed E-state index contributed by atoms with van der Waals surface area (Å²) in [6.07, 6.45) is 1.36. The maximum Gasteiger partial charge on any atom is 0.0726 e. The van der Waals surface area contributed by atoms with E-state index in [0.717, 1.165) is 23.3 Å². The summed E-state index contributed by atoms with van der Waals surface area (Å²) in [4.78, 5) is 7.55. The van der Waals surface area contributed by atoms with Crippen molar-refractivity contribution in [3.63, 3.8) is 0 Å². The van der Waals surface area contributed by atoms with Crippen LogP contribution in [0.1, 0.15) is 31.5 Å². The molecule has 0 radical (unpaired) electrons. The lowest BCUT2D eigenvalue weighted by molar-refractivity contribution is 0.357. The first-order valence-corrected chi connectivity index (χ1v) is 9.11. The van der Waals surface area contributed by atoms with Gasteiger partial charge >= 0.3 is 0 Å². The van der Waals surface area contributed by atoms with Crippen molar-refractivity contribution in [3.05, 3.63) is 35.5 Å². The van der Waals surface area contributed by atoms with Crippen molar-refractivity contribution in [1.29, 1.82) is 0 Å². The normalized spacial score (nSPS) is 25.3. The van der Waals surface area contributed by atoms with Crippen molar-refractivity contribution in [1.82, 2.24) is 4.98 Å². The number of hydrogen-bond donors (Lipinski definition) is 0. The van der Waals surface area contributed by atoms with Crippen molar-refractivity contribution in [2.75, 3.05) is 18.0 Å². The van der Waals surface area contributed by atoms with Gasteiger partial charge in [-0.05, 0) is 24.3 Å². The van der Waals surface area contributed by atoms with Crippen molar-refractivity contribution >= 4 is 28.4 Å². The van der Waals surface area contributed by atoms with E-state index in [-0.39, 0.29) is 0 Å². The van der Waals surface area contributed by atoms with Crippen LogP contribution in [0.4, 0.5) is 5.69 Å². The molecule has 110 valence electrons. The Morgan fingerprint density at radius 1 is 1.10 bits per heavy atom. The monoisotopic (exact) mass is 298 g/mol. The molecule has 2 aliphatic rings. The first-order chi connectivity index (χ1) is 10.2. The zero-order valence-electron chi connectivity index (χ0n) is 12.8. The topological polar surface area (TPSA) is 16.1 Å². The Bertz CT molecular complexity index is 672. The molecule has 3 heteroatoms. The Balaban J connectivity index is 1.90. The lowest BCUT2D eigenvalue weighted by Crippen LogP contribution is -2.39. The number of fused-ring (bicyclic) bond motifs is 2. The van der Waals surface area contributed by atoms with E-state index in [0.29, 0.717) is 0 Å². The third-order valence-corrected chi connectivity index (χ3v) is 5.69. The molecule has 3 heterocycles. The SMILES string of the molecule is CC1CC(C)CN(c2c3c(nc4ccccc24)CSC3)C1. The van der Waals surface area contributed by atoms with Gasteiger partial charge in [0.2, 0.25) is 0 Å². The molecule has 2 aliphatic heterocycles. The van der Waals surface area contributed by atoms with Crippen LogP contribution < -0.4 is 4.90 Å². The van der Waals surface area contributed by atoms with E-state index in [1.54, 1.807) is 0 Å². The van der Waals surface area contributed by atoms with E-state index in [2.05, 4.69) is 43.0 Å². The van der Waals surface area contributed by atoms with E-state index in [4.69, 9.17) is 4.98 Å². The minimum Gasteiger partial charge on any atom is -0.370 e. The second-order valence-electron chi connectivity index (χ2n) is 6.75. The summed E-state index contributed by atoms with van der Waals surface area (Å²) in [6, 6.07) is 8.68. The summed E-state index contributed by atoms with van der Waals surface area (Å²) < 4.78 is 0. The predicted octanol–water partition coefficient (Wildman–Crippen LogP) is 4.46. The third kappa shape index (κ3) is 2.32. The average molecular weight is 298 g/mol. The molecule has 2 unspecified atom stereocenters. The minimum atomic E-state index is 0.783. The number of piperidine rings is 1. The van der Waals surface area contributed by atoms with Gasteiger partial charge in [0.1, 0.15) is 0 Å². The molecule has 0 N–H and O–H groups in total. The van der Waals surface area contributed by atoms with Crippen LogP contribution in [0, 0.1) is 11.8 Å². The van der Waals surface area contributed by atoms with Crippen LogP contribution in [0.15, 0.2) is 24.3 Å². The summed E-state index contributed by atoms with van der Waals surface area (Å²) >= 11 is 2.00. The zero-order chi connectivity index (χ0) is 14.4. The maximum absolute atomic E-state index is 4.90. The summed E-state index contributed by atoms with van der Waals surface area (Å²) in [6.45, 7) is 7.16. The van der Waals surface area contributed by atoms with Crippen LogP contribution in [0.25, 0.3) is 10.9 Å². The first-order valence-electron chi connectivity index (χ1n) is 7.95. The molecule has 21 heavy (non-hydrogen) atoms. The summed E-state index contributed by atoms with van der Waals surface area (Å²) in [5.41, 5.74) is 5.47. The zero-order valence-corrected chi connectivity index (χ0v) is 13.6. The minimum absolute atomic E-state index is 0.783. The molecule has 0 spiro atoms. The highest BCUT2D eigenvalue weighted by molar-refractivity contribution is 7.98. The predicted molar refractivity (Wildman–Crippen MR) is 91.9 cm³/mol. The fourth-order valence-electron chi connectivity index (χ4n) is 4.01. The molecule has 1 aromatic heterocycles. The number of anilines is 1. The molecule has 1 aromatic carbocycles. The van der Waals surface area contributed by atoms with Crippen LogP contribution >= 0.6 is 11.8 Å². The quantitative estimate of drug-likeness (QED) is 0.773. The fourth-order valence-corrected chi connectivity index (χ4v) is 5.05. The second-order valence-corrected chi connectivity index (χ2v) is 7.73. The number of hydrogen-bond acceptors (Lipinski definition) is 3. The number of pyridine rings is 1. The van der Waals surface area contributed by atoms with Crippen LogP contribution in [0.2, 0.25) is 0 Å². The molecule has 2 aromatic rings. The number of benzene rings is 1. The molecule has 0 amide bonds. The van der Waals surface area contributed by atoms with Crippen LogP contribution in [-0.2, 0) is 11.5 Å². The van der Waals surface area contributed by atoms with Gasteiger partial charge < -0.3 is 4.90 Å². The molecular formula is C18H22N2S. The summed E-state index contributed by atoms with van der Waals surface area (Å²) in [5, 5.41) is 1.35. The fraction of sp³-hybridized carbons (Fsp3) is 0.500. The van der Waals surface area contributed by atoms with E-state index >= 15 is 0 Å². The molecule has 2 nitrogen and oxygen atoms in total. The maximum atomic E-state index is 4.90. The van der Waals surface area contributed by atoms with Gasteiger partial charge in [-0.25, -0.2) is 0 Å². The highest BCUT2D eigenvalue weighted by atomic mass is 32.2. The van der Waals surface area contributed by atoms with Gasteiger partial charge in [0.25, 0.3) is 0 Å². The molecule has 0 aliphatic carbocycles. The molecule has 1 fully saturated rings. The van der Waals surface area contributed by atoms with E-state index in [1.165, 1.54) is 47.4 Å². The Kier molecular flexibility index (Phi) is 3.33. The summed E-state index contributed by atoms with van der Waals surface area (Å²) in [7, 11) is 0.